The number of alkyl halides is 3. The van der Waals surface area contributed by atoms with Gasteiger partial charge in [0, 0.05) is 25.4 Å². The molecular weight excluding hydrogens is 435 g/mol. The zero-order valence-electron chi connectivity index (χ0n) is 18.7. The molecule has 0 atom stereocenters. The molecule has 2 aromatic rings. The van der Waals surface area contributed by atoms with E-state index in [0.29, 0.717) is 24.1 Å². The molecule has 0 aliphatic carbocycles. The van der Waals surface area contributed by atoms with E-state index in [1.807, 2.05) is 6.07 Å². The third-order valence-corrected chi connectivity index (χ3v) is 5.65. The van der Waals surface area contributed by atoms with Gasteiger partial charge in [0.2, 0.25) is 11.8 Å². The number of benzene rings is 2. The number of hydrogen-bond donors (Lipinski definition) is 2. The average molecular weight is 464 g/mol. The molecule has 2 N–H and O–H groups in total. The minimum atomic E-state index is -4.49. The first-order chi connectivity index (χ1) is 15.6. The Morgan fingerprint density at radius 3 is 2.42 bits per heavy atom. The summed E-state index contributed by atoms with van der Waals surface area (Å²) in [6, 6.07) is 12.1. The van der Waals surface area contributed by atoms with E-state index in [9.17, 15) is 22.8 Å². The number of hydrogen-bond acceptors (Lipinski definition) is 4. The summed E-state index contributed by atoms with van der Waals surface area (Å²) in [5.74, 6) is -0.501. The molecule has 0 bridgehead atoms. The Bertz CT molecular complexity index is 986. The summed E-state index contributed by atoms with van der Waals surface area (Å²) in [6.45, 7) is 0.994. The van der Waals surface area contributed by atoms with Crippen molar-refractivity contribution in [1.82, 2.24) is 10.2 Å². The predicted octanol–water partition coefficient (Wildman–Crippen LogP) is 3.57. The molecule has 0 saturated carbocycles. The van der Waals surface area contributed by atoms with Crippen LogP contribution in [0.25, 0.3) is 0 Å². The first-order valence-corrected chi connectivity index (χ1v) is 10.7. The van der Waals surface area contributed by atoms with Crippen LogP contribution >= 0.6 is 0 Å². The van der Waals surface area contributed by atoms with Gasteiger partial charge in [0.05, 0.1) is 17.5 Å². The smallest absolute Gasteiger partial charge is 0.381 e. The lowest BCUT2D eigenvalue weighted by Gasteiger charge is -2.36. The molecule has 1 heterocycles. The largest absolute Gasteiger partial charge is 0.416 e. The second-order valence-electron chi connectivity index (χ2n) is 8.44. The lowest BCUT2D eigenvalue weighted by Crippen LogP contribution is -2.48. The molecule has 6 nitrogen and oxygen atoms in total. The zero-order chi connectivity index (χ0) is 24.1. The fraction of sp³-hybridized carbons (Fsp3) is 0.417. The molecule has 2 amide bonds. The lowest BCUT2D eigenvalue weighted by atomic mass is 9.73. The Hall–Kier alpha value is -2.91. The molecule has 1 aliphatic heterocycles. The van der Waals surface area contributed by atoms with Crippen molar-refractivity contribution >= 4 is 17.5 Å². The third kappa shape index (κ3) is 6.33. The Labute approximate surface area is 191 Å². The van der Waals surface area contributed by atoms with Crippen molar-refractivity contribution in [3.8, 4) is 0 Å². The summed E-state index contributed by atoms with van der Waals surface area (Å²) >= 11 is 0. The van der Waals surface area contributed by atoms with Crippen LogP contribution in [-0.2, 0) is 32.5 Å². The third-order valence-electron chi connectivity index (χ3n) is 5.65. The van der Waals surface area contributed by atoms with Crippen molar-refractivity contribution in [3.63, 3.8) is 0 Å². The quantitative estimate of drug-likeness (QED) is 0.659. The second kappa shape index (κ2) is 10.4. The molecule has 1 fully saturated rings. The molecule has 0 radical (unpaired) electrons. The highest BCUT2D eigenvalue weighted by atomic mass is 19.4. The van der Waals surface area contributed by atoms with Crippen molar-refractivity contribution in [2.75, 3.05) is 39.2 Å². The molecule has 0 unspecified atom stereocenters. The van der Waals surface area contributed by atoms with E-state index in [0.717, 1.165) is 17.7 Å². The normalized spacial score (nSPS) is 15.8. The van der Waals surface area contributed by atoms with Gasteiger partial charge in [-0.05, 0) is 56.3 Å². The Morgan fingerprint density at radius 2 is 1.76 bits per heavy atom. The standard InChI is InChI=1S/C24H28F3N3O3/c1-30(2)16-21(31)29-20-8-3-5-17(13-20)15-28-22(32)23(9-11-33-12-10-23)18-6-4-7-19(14-18)24(25,26)27/h3-8,13-14H,9-12,15-16H2,1-2H3,(H,28,32)(H,29,31). The fourth-order valence-electron chi connectivity index (χ4n) is 3.96. The number of anilines is 1. The number of rotatable bonds is 7. The topological polar surface area (TPSA) is 70.7 Å². The molecule has 1 saturated heterocycles. The molecule has 2 aromatic carbocycles. The minimum absolute atomic E-state index is 0.160. The highest BCUT2D eigenvalue weighted by Crippen LogP contribution is 2.38. The number of carbonyl (C=O) groups is 2. The van der Waals surface area contributed by atoms with Crippen LogP contribution in [0.15, 0.2) is 48.5 Å². The molecule has 3 rings (SSSR count). The maximum Gasteiger partial charge on any atom is 0.416 e. The van der Waals surface area contributed by atoms with Gasteiger partial charge >= 0.3 is 6.18 Å². The molecule has 0 aromatic heterocycles. The first-order valence-electron chi connectivity index (χ1n) is 10.7. The van der Waals surface area contributed by atoms with Gasteiger partial charge in [-0.25, -0.2) is 0 Å². The average Bonchev–Trinajstić information content (AvgIpc) is 2.77. The Kier molecular flexibility index (Phi) is 7.76. The van der Waals surface area contributed by atoms with Gasteiger partial charge < -0.3 is 20.3 Å². The molecular formula is C24H28F3N3O3. The highest BCUT2D eigenvalue weighted by Gasteiger charge is 2.43. The van der Waals surface area contributed by atoms with Crippen LogP contribution in [0.1, 0.15) is 29.5 Å². The monoisotopic (exact) mass is 463 g/mol. The highest BCUT2D eigenvalue weighted by molar-refractivity contribution is 5.92. The molecule has 0 spiro atoms. The van der Waals surface area contributed by atoms with Crippen molar-refractivity contribution < 1.29 is 27.5 Å². The number of carbonyl (C=O) groups excluding carboxylic acids is 2. The minimum Gasteiger partial charge on any atom is -0.381 e. The van der Waals surface area contributed by atoms with Gasteiger partial charge in [-0.2, -0.15) is 13.2 Å². The van der Waals surface area contributed by atoms with Gasteiger partial charge in [0.25, 0.3) is 0 Å². The molecule has 178 valence electrons. The fourth-order valence-corrected chi connectivity index (χ4v) is 3.96. The number of ether oxygens (including phenoxy) is 1. The van der Waals surface area contributed by atoms with Crippen molar-refractivity contribution in [2.45, 2.75) is 31.0 Å². The van der Waals surface area contributed by atoms with E-state index in [1.54, 1.807) is 43.3 Å². The second-order valence-corrected chi connectivity index (χ2v) is 8.44. The van der Waals surface area contributed by atoms with E-state index >= 15 is 0 Å². The maximum atomic E-state index is 13.3. The Morgan fingerprint density at radius 1 is 1.06 bits per heavy atom. The van der Waals surface area contributed by atoms with Crippen molar-refractivity contribution in [3.05, 3.63) is 65.2 Å². The van der Waals surface area contributed by atoms with E-state index in [-0.39, 0.29) is 38.1 Å². The maximum absolute atomic E-state index is 13.3. The van der Waals surface area contributed by atoms with Crippen molar-refractivity contribution in [1.29, 1.82) is 0 Å². The SMILES string of the molecule is CN(C)CC(=O)Nc1cccc(CNC(=O)C2(c3cccc(C(F)(F)F)c3)CCOCC2)c1. The molecule has 33 heavy (non-hydrogen) atoms. The van der Waals surface area contributed by atoms with Crippen LogP contribution in [0.2, 0.25) is 0 Å². The van der Waals surface area contributed by atoms with Gasteiger partial charge in [-0.15, -0.1) is 0 Å². The van der Waals surface area contributed by atoms with E-state index < -0.39 is 17.2 Å². The summed E-state index contributed by atoms with van der Waals surface area (Å²) in [7, 11) is 3.59. The number of amides is 2. The summed E-state index contributed by atoms with van der Waals surface area (Å²) < 4.78 is 45.2. The number of halogens is 3. The first kappa shape index (κ1) is 24.7. The summed E-state index contributed by atoms with van der Waals surface area (Å²) in [4.78, 5) is 27.1. The lowest BCUT2D eigenvalue weighted by molar-refractivity contribution is -0.138. The van der Waals surface area contributed by atoms with Gasteiger partial charge in [-0.1, -0.05) is 30.3 Å². The number of likely N-dealkylation sites (N-methyl/N-ethyl adjacent to an activating group) is 1. The van der Waals surface area contributed by atoms with Crippen LogP contribution in [0, 0.1) is 0 Å². The number of nitrogens with one attached hydrogen (secondary N) is 2. The van der Waals surface area contributed by atoms with E-state index in [4.69, 9.17) is 4.74 Å². The van der Waals surface area contributed by atoms with Gasteiger partial charge in [0.15, 0.2) is 0 Å². The predicted molar refractivity (Wildman–Crippen MR) is 119 cm³/mol. The Balaban J connectivity index is 1.76. The van der Waals surface area contributed by atoms with E-state index in [1.165, 1.54) is 6.07 Å². The summed E-state index contributed by atoms with van der Waals surface area (Å²) in [5, 5.41) is 5.68. The number of nitrogens with zero attached hydrogens (tertiary/aromatic N) is 1. The zero-order valence-corrected chi connectivity index (χ0v) is 18.7. The van der Waals surface area contributed by atoms with Gasteiger partial charge in [-0.3, -0.25) is 9.59 Å². The molecule has 1 aliphatic rings. The molecule has 9 heteroatoms. The van der Waals surface area contributed by atoms with Crippen LogP contribution in [-0.4, -0.2) is 50.6 Å². The van der Waals surface area contributed by atoms with Crippen LogP contribution in [0.5, 0.6) is 0 Å². The van der Waals surface area contributed by atoms with E-state index in [2.05, 4.69) is 10.6 Å². The van der Waals surface area contributed by atoms with Gasteiger partial charge in [0.1, 0.15) is 0 Å². The van der Waals surface area contributed by atoms with Crippen LogP contribution in [0.3, 0.4) is 0 Å². The summed E-state index contributed by atoms with van der Waals surface area (Å²) in [5.41, 5.74) is -0.177. The van der Waals surface area contributed by atoms with Crippen LogP contribution in [0.4, 0.5) is 18.9 Å². The van der Waals surface area contributed by atoms with Crippen molar-refractivity contribution in [2.24, 2.45) is 0 Å². The summed E-state index contributed by atoms with van der Waals surface area (Å²) in [6.07, 6.45) is -3.90. The van der Waals surface area contributed by atoms with Crippen LogP contribution < -0.4 is 10.6 Å².